The highest BCUT2D eigenvalue weighted by Gasteiger charge is 2.22. The van der Waals surface area contributed by atoms with Gasteiger partial charge in [0.1, 0.15) is 0 Å². The van der Waals surface area contributed by atoms with Crippen molar-refractivity contribution in [2.24, 2.45) is 0 Å². The molecule has 0 bridgehead atoms. The minimum absolute atomic E-state index is 0.0598. The summed E-state index contributed by atoms with van der Waals surface area (Å²) < 4.78 is 0. The number of benzene rings is 1. The number of hydrogen-bond donors (Lipinski definition) is 2. The van der Waals surface area contributed by atoms with Crippen LogP contribution in [0.5, 0.6) is 0 Å². The number of rotatable bonds is 4. The van der Waals surface area contributed by atoms with E-state index in [1.807, 2.05) is 19.1 Å². The molecule has 0 saturated carbocycles. The van der Waals surface area contributed by atoms with Crippen molar-refractivity contribution in [3.8, 4) is 0 Å². The minimum Gasteiger partial charge on any atom is -0.337 e. The Balaban J connectivity index is 1.59. The van der Waals surface area contributed by atoms with Crippen LogP contribution in [0.25, 0.3) is 0 Å². The van der Waals surface area contributed by atoms with E-state index in [0.717, 1.165) is 5.56 Å². The van der Waals surface area contributed by atoms with E-state index in [4.69, 9.17) is 0 Å². The molecule has 2 aromatic rings. The summed E-state index contributed by atoms with van der Waals surface area (Å²) in [6.07, 6.45) is 3.84. The number of aryl methyl sites for hydroxylation is 1. The third kappa shape index (κ3) is 4.72. The summed E-state index contributed by atoms with van der Waals surface area (Å²) in [5.74, 6) is 0.628. The second kappa shape index (κ2) is 8.48. The van der Waals surface area contributed by atoms with E-state index in [-0.39, 0.29) is 11.9 Å². The quantitative estimate of drug-likeness (QED) is 0.865. The molecule has 0 aliphatic carbocycles. The van der Waals surface area contributed by atoms with Crippen LogP contribution in [0.2, 0.25) is 0 Å². The van der Waals surface area contributed by atoms with Gasteiger partial charge in [-0.1, -0.05) is 13.0 Å². The standard InChI is InChI=1S/C19H24N6O2/c1-3-17(26)22-15-6-5-14(2)16(13-15)23-19(27)25-11-9-24(10-12-25)18-20-7-4-8-21-18/h4-8,13H,3,9-12H2,1-2H3,(H,22,26)(H,23,27). The third-order valence-corrected chi connectivity index (χ3v) is 4.49. The molecule has 0 spiro atoms. The summed E-state index contributed by atoms with van der Waals surface area (Å²) in [4.78, 5) is 36.5. The van der Waals surface area contributed by atoms with Crippen molar-refractivity contribution in [2.75, 3.05) is 41.7 Å². The first-order valence-electron chi connectivity index (χ1n) is 9.05. The van der Waals surface area contributed by atoms with Gasteiger partial charge in [0.2, 0.25) is 11.9 Å². The molecule has 2 N–H and O–H groups in total. The fraction of sp³-hybridized carbons (Fsp3) is 0.368. The van der Waals surface area contributed by atoms with Crippen LogP contribution >= 0.6 is 0 Å². The maximum absolute atomic E-state index is 12.6. The average Bonchev–Trinajstić information content (AvgIpc) is 2.71. The van der Waals surface area contributed by atoms with Crippen molar-refractivity contribution in [3.05, 3.63) is 42.2 Å². The van der Waals surface area contributed by atoms with Gasteiger partial charge >= 0.3 is 6.03 Å². The molecule has 0 atom stereocenters. The monoisotopic (exact) mass is 368 g/mol. The summed E-state index contributed by atoms with van der Waals surface area (Å²) in [5, 5.41) is 5.76. The molecule has 0 unspecified atom stereocenters. The molecule has 1 aromatic carbocycles. The third-order valence-electron chi connectivity index (χ3n) is 4.49. The summed E-state index contributed by atoms with van der Waals surface area (Å²) in [5.41, 5.74) is 2.31. The maximum atomic E-state index is 12.6. The highest BCUT2D eigenvalue weighted by Crippen LogP contribution is 2.21. The first-order valence-corrected chi connectivity index (χ1v) is 9.05. The van der Waals surface area contributed by atoms with Gasteiger partial charge in [0.15, 0.2) is 0 Å². The largest absolute Gasteiger partial charge is 0.337 e. The van der Waals surface area contributed by atoms with Gasteiger partial charge in [0, 0.05) is 56.4 Å². The Kier molecular flexibility index (Phi) is 5.85. The molecular weight excluding hydrogens is 344 g/mol. The molecule has 1 aromatic heterocycles. The first-order chi connectivity index (χ1) is 13.1. The van der Waals surface area contributed by atoms with Gasteiger partial charge in [0.25, 0.3) is 0 Å². The highest BCUT2D eigenvalue weighted by molar-refractivity contribution is 5.94. The molecule has 3 amide bonds. The number of anilines is 3. The Morgan fingerprint density at radius 2 is 1.78 bits per heavy atom. The van der Waals surface area contributed by atoms with Crippen molar-refractivity contribution in [1.29, 1.82) is 0 Å². The predicted octanol–water partition coefficient (Wildman–Crippen LogP) is 2.49. The van der Waals surface area contributed by atoms with E-state index in [0.29, 0.717) is 49.9 Å². The number of piperazine rings is 1. The zero-order chi connectivity index (χ0) is 19.2. The van der Waals surface area contributed by atoms with Gasteiger partial charge in [-0.15, -0.1) is 0 Å². The number of nitrogens with one attached hydrogen (secondary N) is 2. The normalized spacial score (nSPS) is 14.0. The Morgan fingerprint density at radius 1 is 1.07 bits per heavy atom. The van der Waals surface area contributed by atoms with Crippen LogP contribution in [-0.4, -0.2) is 53.0 Å². The Morgan fingerprint density at radius 3 is 2.44 bits per heavy atom. The lowest BCUT2D eigenvalue weighted by Crippen LogP contribution is -2.50. The van der Waals surface area contributed by atoms with Crippen LogP contribution < -0.4 is 15.5 Å². The number of carbonyl (C=O) groups excluding carboxylic acids is 2. The molecule has 1 fully saturated rings. The maximum Gasteiger partial charge on any atom is 0.321 e. The molecule has 1 aliphatic heterocycles. The lowest BCUT2D eigenvalue weighted by molar-refractivity contribution is -0.115. The smallest absolute Gasteiger partial charge is 0.321 e. The summed E-state index contributed by atoms with van der Waals surface area (Å²) >= 11 is 0. The van der Waals surface area contributed by atoms with Crippen LogP contribution in [0, 0.1) is 6.92 Å². The zero-order valence-electron chi connectivity index (χ0n) is 15.6. The number of aromatic nitrogens is 2. The van der Waals surface area contributed by atoms with Crippen LogP contribution in [0.3, 0.4) is 0 Å². The minimum atomic E-state index is -0.148. The van der Waals surface area contributed by atoms with Gasteiger partial charge in [-0.3, -0.25) is 4.79 Å². The number of hydrogen-bond acceptors (Lipinski definition) is 5. The number of nitrogens with zero attached hydrogens (tertiary/aromatic N) is 4. The molecule has 8 nitrogen and oxygen atoms in total. The summed E-state index contributed by atoms with van der Waals surface area (Å²) in [6, 6.07) is 7.13. The fourth-order valence-electron chi connectivity index (χ4n) is 2.84. The van der Waals surface area contributed by atoms with Gasteiger partial charge in [-0.05, 0) is 30.7 Å². The van der Waals surface area contributed by atoms with Gasteiger partial charge in [-0.2, -0.15) is 0 Å². The van der Waals surface area contributed by atoms with Crippen molar-refractivity contribution in [1.82, 2.24) is 14.9 Å². The topological polar surface area (TPSA) is 90.5 Å². The molecule has 142 valence electrons. The van der Waals surface area contributed by atoms with E-state index in [2.05, 4.69) is 25.5 Å². The summed E-state index contributed by atoms with van der Waals surface area (Å²) in [7, 11) is 0. The molecule has 8 heteroatoms. The molecule has 0 radical (unpaired) electrons. The zero-order valence-corrected chi connectivity index (χ0v) is 15.6. The van der Waals surface area contributed by atoms with Gasteiger partial charge in [0.05, 0.1) is 0 Å². The van der Waals surface area contributed by atoms with E-state index >= 15 is 0 Å². The molecule has 27 heavy (non-hydrogen) atoms. The number of carbonyl (C=O) groups is 2. The lowest BCUT2D eigenvalue weighted by atomic mass is 10.1. The van der Waals surface area contributed by atoms with Gasteiger partial charge in [-0.25, -0.2) is 14.8 Å². The Hall–Kier alpha value is -3.16. The highest BCUT2D eigenvalue weighted by atomic mass is 16.2. The molecule has 1 aliphatic rings. The SMILES string of the molecule is CCC(=O)Nc1ccc(C)c(NC(=O)N2CCN(c3ncccn3)CC2)c1. The van der Waals surface area contributed by atoms with Crippen molar-refractivity contribution in [2.45, 2.75) is 20.3 Å². The van der Waals surface area contributed by atoms with Crippen LogP contribution in [0.15, 0.2) is 36.7 Å². The molecule has 3 rings (SSSR count). The van der Waals surface area contributed by atoms with Crippen molar-refractivity contribution < 1.29 is 9.59 Å². The van der Waals surface area contributed by atoms with Crippen LogP contribution in [0.4, 0.5) is 22.1 Å². The first kappa shape index (κ1) is 18.6. The summed E-state index contributed by atoms with van der Waals surface area (Å²) in [6.45, 7) is 6.27. The number of amides is 3. The van der Waals surface area contributed by atoms with Crippen molar-refractivity contribution in [3.63, 3.8) is 0 Å². The van der Waals surface area contributed by atoms with E-state index in [9.17, 15) is 9.59 Å². The van der Waals surface area contributed by atoms with Gasteiger partial charge < -0.3 is 20.4 Å². The predicted molar refractivity (Wildman–Crippen MR) is 105 cm³/mol. The Bertz CT molecular complexity index is 803. The Labute approximate surface area is 158 Å². The number of urea groups is 1. The average molecular weight is 368 g/mol. The second-order valence-electron chi connectivity index (χ2n) is 6.38. The fourth-order valence-corrected chi connectivity index (χ4v) is 2.84. The lowest BCUT2D eigenvalue weighted by Gasteiger charge is -2.34. The van der Waals surface area contributed by atoms with Crippen molar-refractivity contribution >= 4 is 29.3 Å². The van der Waals surface area contributed by atoms with Crippen LogP contribution in [-0.2, 0) is 4.79 Å². The molecule has 2 heterocycles. The van der Waals surface area contributed by atoms with Crippen LogP contribution in [0.1, 0.15) is 18.9 Å². The van der Waals surface area contributed by atoms with E-state index in [1.165, 1.54) is 0 Å². The molecular formula is C19H24N6O2. The molecule has 1 saturated heterocycles. The second-order valence-corrected chi connectivity index (χ2v) is 6.38. The van der Waals surface area contributed by atoms with E-state index in [1.54, 1.807) is 36.4 Å². The van der Waals surface area contributed by atoms with E-state index < -0.39 is 0 Å².